The highest BCUT2D eigenvalue weighted by atomic mass is 79.9. The predicted molar refractivity (Wildman–Crippen MR) is 77.6 cm³/mol. The van der Waals surface area contributed by atoms with Crippen LogP contribution in [0.2, 0.25) is 0 Å². The molecule has 3 aliphatic rings. The van der Waals surface area contributed by atoms with E-state index in [1.807, 2.05) is 0 Å². The molecular weight excluding hydrogens is 302 g/mol. The Balaban J connectivity index is 1.71. The average Bonchev–Trinajstić information content (AvgIpc) is 3.16. The fourth-order valence-electron chi connectivity index (χ4n) is 3.53. The summed E-state index contributed by atoms with van der Waals surface area (Å²) in [4.78, 5) is 14.9. The van der Waals surface area contributed by atoms with Gasteiger partial charge in [-0.25, -0.2) is 0 Å². The Labute approximate surface area is 122 Å². The highest BCUT2D eigenvalue weighted by Crippen LogP contribution is 2.76. The lowest BCUT2D eigenvalue weighted by molar-refractivity contribution is -0.141. The van der Waals surface area contributed by atoms with E-state index in [0.717, 1.165) is 31.7 Å². The van der Waals surface area contributed by atoms with Crippen molar-refractivity contribution in [1.82, 2.24) is 4.90 Å². The van der Waals surface area contributed by atoms with E-state index in [1.54, 1.807) is 0 Å². The molecule has 2 fully saturated rings. The van der Waals surface area contributed by atoms with E-state index in [4.69, 9.17) is 0 Å². The number of fused-ring (bicyclic) bond motifs is 2. The van der Waals surface area contributed by atoms with Crippen molar-refractivity contribution in [3.63, 3.8) is 0 Å². The molecule has 0 spiro atoms. The van der Waals surface area contributed by atoms with E-state index in [1.165, 1.54) is 15.6 Å². The quantitative estimate of drug-likeness (QED) is 0.775. The van der Waals surface area contributed by atoms with Crippen LogP contribution >= 0.6 is 15.9 Å². The van der Waals surface area contributed by atoms with Gasteiger partial charge < -0.3 is 4.90 Å². The smallest absolute Gasteiger partial charge is 0.229 e. The largest absolute Gasteiger partial charge is 0.332 e. The van der Waals surface area contributed by atoms with Gasteiger partial charge in [-0.15, -0.1) is 0 Å². The van der Waals surface area contributed by atoms with Gasteiger partial charge in [0.05, 0.1) is 5.41 Å². The summed E-state index contributed by atoms with van der Waals surface area (Å²) >= 11 is 3.65. The van der Waals surface area contributed by atoms with Crippen LogP contribution in [0.3, 0.4) is 0 Å². The summed E-state index contributed by atoms with van der Waals surface area (Å²) in [5.74, 6) is 1.13. The number of carbonyl (C=O) groups excluding carboxylic acids is 1. The lowest BCUT2D eigenvalue weighted by Crippen LogP contribution is -2.52. The van der Waals surface area contributed by atoms with Gasteiger partial charge in [0.2, 0.25) is 5.91 Å². The normalized spacial score (nSPS) is 33.4. The zero-order chi connectivity index (χ0) is 13.4. The van der Waals surface area contributed by atoms with Gasteiger partial charge in [-0.2, -0.15) is 0 Å². The second kappa shape index (κ2) is 3.43. The summed E-state index contributed by atoms with van der Waals surface area (Å²) in [6.07, 6.45) is 3.23. The fraction of sp³-hybridized carbons (Fsp3) is 0.562. The van der Waals surface area contributed by atoms with E-state index in [9.17, 15) is 4.79 Å². The molecule has 3 heteroatoms. The maximum Gasteiger partial charge on any atom is 0.229 e. The second-order valence-electron chi connectivity index (χ2n) is 7.02. The van der Waals surface area contributed by atoms with Crippen molar-refractivity contribution in [3.05, 3.63) is 33.8 Å². The first-order chi connectivity index (χ1) is 8.94. The Kier molecular flexibility index (Phi) is 2.16. The Morgan fingerprint density at radius 3 is 2.68 bits per heavy atom. The van der Waals surface area contributed by atoms with E-state index in [2.05, 4.69) is 52.9 Å². The van der Waals surface area contributed by atoms with Crippen LogP contribution in [0.15, 0.2) is 22.7 Å². The molecule has 0 aromatic heterocycles. The summed E-state index contributed by atoms with van der Waals surface area (Å²) in [7, 11) is 0. The van der Waals surface area contributed by atoms with Crippen molar-refractivity contribution < 1.29 is 4.79 Å². The summed E-state index contributed by atoms with van der Waals surface area (Å²) < 4.78 is 1.18. The molecule has 2 aliphatic carbocycles. The van der Waals surface area contributed by atoms with Crippen LogP contribution in [-0.4, -0.2) is 16.3 Å². The molecule has 4 rings (SSSR count). The SMILES string of the molecule is CC1(C)Cc2c(Br)cccc2CN1C(=O)C12CC1C2. The molecule has 1 aliphatic heterocycles. The fourth-order valence-corrected chi connectivity index (χ4v) is 4.08. The highest BCUT2D eigenvalue weighted by Gasteiger charge is 2.75. The first-order valence-corrected chi connectivity index (χ1v) is 7.82. The Bertz CT molecular complexity index is 586. The molecule has 1 aromatic carbocycles. The van der Waals surface area contributed by atoms with Gasteiger partial charge in [0.25, 0.3) is 0 Å². The molecule has 0 atom stereocenters. The molecule has 2 saturated carbocycles. The van der Waals surface area contributed by atoms with E-state index < -0.39 is 0 Å². The van der Waals surface area contributed by atoms with Crippen molar-refractivity contribution in [1.29, 1.82) is 0 Å². The predicted octanol–water partition coefficient (Wildman–Crippen LogP) is 3.52. The van der Waals surface area contributed by atoms with Gasteiger partial charge in [-0.3, -0.25) is 4.79 Å². The third kappa shape index (κ3) is 1.57. The van der Waals surface area contributed by atoms with Crippen LogP contribution in [-0.2, 0) is 17.8 Å². The maximum atomic E-state index is 12.7. The first-order valence-electron chi connectivity index (χ1n) is 7.02. The van der Waals surface area contributed by atoms with Crippen molar-refractivity contribution >= 4 is 21.8 Å². The van der Waals surface area contributed by atoms with Gasteiger partial charge >= 0.3 is 0 Å². The molecule has 0 radical (unpaired) electrons. The summed E-state index contributed by atoms with van der Waals surface area (Å²) in [6.45, 7) is 5.17. The van der Waals surface area contributed by atoms with Crippen LogP contribution in [0.25, 0.3) is 0 Å². The van der Waals surface area contributed by atoms with E-state index in [-0.39, 0.29) is 11.0 Å². The number of hydrogen-bond donors (Lipinski definition) is 0. The topological polar surface area (TPSA) is 20.3 Å². The van der Waals surface area contributed by atoms with Crippen molar-refractivity contribution in [2.75, 3.05) is 0 Å². The molecule has 2 nitrogen and oxygen atoms in total. The van der Waals surface area contributed by atoms with Crippen LogP contribution in [0.4, 0.5) is 0 Å². The number of carbonyl (C=O) groups is 1. The molecule has 0 unspecified atom stereocenters. The molecule has 0 N–H and O–H groups in total. The van der Waals surface area contributed by atoms with Crippen LogP contribution in [0.1, 0.15) is 37.8 Å². The molecule has 100 valence electrons. The summed E-state index contributed by atoms with van der Waals surface area (Å²) in [5, 5.41) is 0. The van der Waals surface area contributed by atoms with Crippen molar-refractivity contribution in [2.45, 2.75) is 45.2 Å². The average molecular weight is 320 g/mol. The Morgan fingerprint density at radius 1 is 1.37 bits per heavy atom. The van der Waals surface area contributed by atoms with E-state index in [0.29, 0.717) is 5.91 Å². The lowest BCUT2D eigenvalue weighted by atomic mass is 9.85. The van der Waals surface area contributed by atoms with Gasteiger partial charge in [0, 0.05) is 16.6 Å². The van der Waals surface area contributed by atoms with Crippen LogP contribution in [0, 0.1) is 11.3 Å². The molecule has 0 saturated heterocycles. The van der Waals surface area contributed by atoms with Crippen molar-refractivity contribution in [3.8, 4) is 0 Å². The van der Waals surface area contributed by atoms with Crippen LogP contribution in [0.5, 0.6) is 0 Å². The van der Waals surface area contributed by atoms with Gasteiger partial charge in [-0.1, -0.05) is 28.1 Å². The zero-order valence-corrected chi connectivity index (χ0v) is 13.0. The first kappa shape index (κ1) is 12.0. The Hall–Kier alpha value is -0.830. The minimum Gasteiger partial charge on any atom is -0.332 e. The number of hydrogen-bond acceptors (Lipinski definition) is 1. The summed E-state index contributed by atoms with van der Waals surface area (Å²) in [6, 6.07) is 6.33. The number of benzene rings is 1. The maximum absolute atomic E-state index is 12.7. The zero-order valence-electron chi connectivity index (χ0n) is 11.4. The number of amides is 1. The molecular formula is C16H18BrNO. The Morgan fingerprint density at radius 2 is 2.05 bits per heavy atom. The summed E-state index contributed by atoms with van der Waals surface area (Å²) in [5.41, 5.74) is 2.69. The minimum absolute atomic E-state index is 0.0710. The van der Waals surface area contributed by atoms with Crippen LogP contribution < -0.4 is 0 Å². The minimum atomic E-state index is -0.0710. The highest BCUT2D eigenvalue weighted by molar-refractivity contribution is 9.10. The van der Waals surface area contributed by atoms with E-state index >= 15 is 0 Å². The third-order valence-corrected chi connectivity index (χ3v) is 5.98. The lowest BCUT2D eigenvalue weighted by Gasteiger charge is -2.44. The number of rotatable bonds is 1. The number of halogens is 1. The molecule has 1 aromatic rings. The second-order valence-corrected chi connectivity index (χ2v) is 7.87. The monoisotopic (exact) mass is 319 g/mol. The van der Waals surface area contributed by atoms with Gasteiger partial charge in [-0.05, 0) is 56.2 Å². The van der Waals surface area contributed by atoms with Gasteiger partial charge in [0.1, 0.15) is 0 Å². The van der Waals surface area contributed by atoms with Gasteiger partial charge in [0.15, 0.2) is 0 Å². The molecule has 1 heterocycles. The van der Waals surface area contributed by atoms with Crippen molar-refractivity contribution in [2.24, 2.45) is 11.3 Å². The number of nitrogens with zero attached hydrogens (tertiary/aromatic N) is 1. The standard InChI is InChI=1S/C16H18BrNO/c1-15(2)8-12-10(4-3-5-13(12)17)9-18(15)14(19)16-6-11(16)7-16/h3-5,11H,6-9H2,1-2H3. The molecule has 0 bridgehead atoms. The third-order valence-electron chi connectivity index (χ3n) is 5.24. The molecule has 19 heavy (non-hydrogen) atoms. The molecule has 1 amide bonds.